The van der Waals surface area contributed by atoms with Crippen LogP contribution in [-0.2, 0) is 0 Å². The summed E-state index contributed by atoms with van der Waals surface area (Å²) in [5.41, 5.74) is 12.3. The minimum atomic E-state index is -0.141. The highest BCUT2D eigenvalue weighted by atomic mass is 16.1. The van der Waals surface area contributed by atoms with Crippen molar-refractivity contribution < 1.29 is 9.59 Å². The average molecular weight is 687 g/mol. The second-order valence-corrected chi connectivity index (χ2v) is 15.5. The lowest BCUT2D eigenvalue weighted by atomic mass is 9.90. The Labute approximate surface area is 307 Å². The monoisotopic (exact) mass is 686 g/mol. The molecule has 2 aliphatic heterocycles. The Balaban J connectivity index is 1.14. The number of allylic oxidation sites excluding steroid dienone is 6. The molecule has 0 spiro atoms. The number of rotatable bonds is 13. The van der Waals surface area contributed by atoms with E-state index in [0.29, 0.717) is 17.0 Å². The molecule has 0 radical (unpaired) electrons. The largest absolute Gasteiger partial charge is 0.374 e. The van der Waals surface area contributed by atoms with Gasteiger partial charge in [0, 0.05) is 85.7 Å². The van der Waals surface area contributed by atoms with Crippen LogP contribution in [0.4, 0.5) is 5.69 Å². The molecule has 3 aromatic rings. The summed E-state index contributed by atoms with van der Waals surface area (Å²) in [5.74, 6) is 0.995. The van der Waals surface area contributed by atoms with E-state index in [9.17, 15) is 9.59 Å². The van der Waals surface area contributed by atoms with Crippen molar-refractivity contribution in [1.82, 2.24) is 14.8 Å². The molecule has 3 heterocycles. The number of nitrogens with zero attached hydrogens (tertiary/aromatic N) is 4. The van der Waals surface area contributed by atoms with Gasteiger partial charge < -0.3 is 9.80 Å². The minimum Gasteiger partial charge on any atom is -0.374 e. The number of hydrogen-bond acceptors (Lipinski definition) is 6. The van der Waals surface area contributed by atoms with Gasteiger partial charge >= 0.3 is 0 Å². The van der Waals surface area contributed by atoms with Crippen molar-refractivity contribution >= 4 is 22.8 Å². The molecule has 51 heavy (non-hydrogen) atoms. The number of piperazine rings is 1. The van der Waals surface area contributed by atoms with E-state index in [1.165, 1.54) is 58.0 Å². The van der Waals surface area contributed by atoms with Gasteiger partial charge in [-0.05, 0) is 118 Å². The summed E-state index contributed by atoms with van der Waals surface area (Å²) in [6.45, 7) is 25.8. The van der Waals surface area contributed by atoms with Gasteiger partial charge in [0.25, 0.3) is 0 Å². The molecule has 6 heteroatoms. The topological polar surface area (TPSA) is 56.8 Å². The summed E-state index contributed by atoms with van der Waals surface area (Å²) in [4.78, 5) is 36.9. The van der Waals surface area contributed by atoms with E-state index in [-0.39, 0.29) is 17.5 Å². The molecule has 2 saturated heterocycles. The Bertz CT molecular complexity index is 1810. The van der Waals surface area contributed by atoms with E-state index < -0.39 is 0 Å². The third kappa shape index (κ3) is 9.34. The lowest BCUT2D eigenvalue weighted by Gasteiger charge is -2.43. The number of Topliss-reactive ketones (excluding diaryl/α,β-unsaturated/α-hetero) is 2. The van der Waals surface area contributed by atoms with Gasteiger partial charge in [-0.2, -0.15) is 0 Å². The van der Waals surface area contributed by atoms with Crippen LogP contribution in [0.15, 0.2) is 84.4 Å². The van der Waals surface area contributed by atoms with Crippen molar-refractivity contribution in [3.8, 4) is 11.1 Å². The van der Waals surface area contributed by atoms with Gasteiger partial charge in [0.15, 0.2) is 11.6 Å². The first-order chi connectivity index (χ1) is 24.3. The fourth-order valence-corrected chi connectivity index (χ4v) is 7.32. The van der Waals surface area contributed by atoms with Crippen molar-refractivity contribution in [2.45, 2.75) is 74.7 Å². The Kier molecular flexibility index (Phi) is 12.5. The number of carbonyl (C=O) groups is 2. The number of anilines is 1. The van der Waals surface area contributed by atoms with Crippen LogP contribution in [0.1, 0.15) is 105 Å². The summed E-state index contributed by atoms with van der Waals surface area (Å²) in [6.07, 6.45) is 12.0. The van der Waals surface area contributed by atoms with Gasteiger partial charge in [0.1, 0.15) is 0 Å². The van der Waals surface area contributed by atoms with Gasteiger partial charge in [-0.1, -0.05) is 63.6 Å². The normalized spacial score (nSPS) is 16.1. The highest BCUT2D eigenvalue weighted by Gasteiger charge is 2.28. The molecule has 2 fully saturated rings. The SMILES string of the molecule is CC(=O)c1ccc(N2CCN(CCC3CN(/C(C)=C/C=C(\C=C(C)C)c4ccc(-c5cnccc5C(C)C)c(C)c4)C3)CC2)cc1C(=O)C(C)C. The van der Waals surface area contributed by atoms with Gasteiger partial charge in [0.2, 0.25) is 0 Å². The molecular formula is C45H58N4O2. The number of carbonyl (C=O) groups excluding carboxylic acids is 2. The van der Waals surface area contributed by atoms with Gasteiger partial charge in [-0.3, -0.25) is 19.5 Å². The van der Waals surface area contributed by atoms with Gasteiger partial charge in [-0.25, -0.2) is 0 Å². The molecule has 0 aliphatic carbocycles. The number of ketones is 2. The van der Waals surface area contributed by atoms with Crippen molar-refractivity contribution in [3.63, 3.8) is 0 Å². The predicted molar refractivity (Wildman–Crippen MR) is 214 cm³/mol. The number of likely N-dealkylation sites (tertiary alicyclic amines) is 1. The van der Waals surface area contributed by atoms with Crippen molar-refractivity contribution in [1.29, 1.82) is 0 Å². The lowest BCUT2D eigenvalue weighted by Crippen LogP contribution is -2.49. The first kappa shape index (κ1) is 38.0. The fraction of sp³-hybridized carbons (Fsp3) is 0.444. The molecule has 0 unspecified atom stereocenters. The molecule has 2 aromatic carbocycles. The Hall–Kier alpha value is -4.29. The highest BCUT2D eigenvalue weighted by Crippen LogP contribution is 2.33. The van der Waals surface area contributed by atoms with Gasteiger partial charge in [0.05, 0.1) is 0 Å². The summed E-state index contributed by atoms with van der Waals surface area (Å²) in [6, 6.07) is 14.7. The predicted octanol–water partition coefficient (Wildman–Crippen LogP) is 9.62. The van der Waals surface area contributed by atoms with Crippen LogP contribution in [0.5, 0.6) is 0 Å². The van der Waals surface area contributed by atoms with Crippen molar-refractivity contribution in [3.05, 3.63) is 112 Å². The summed E-state index contributed by atoms with van der Waals surface area (Å²) >= 11 is 0. The van der Waals surface area contributed by atoms with Gasteiger partial charge in [-0.15, -0.1) is 0 Å². The zero-order chi connectivity index (χ0) is 36.8. The molecule has 0 amide bonds. The minimum absolute atomic E-state index is 0.0341. The fourth-order valence-electron chi connectivity index (χ4n) is 7.32. The second kappa shape index (κ2) is 16.8. The van der Waals surface area contributed by atoms with E-state index in [1.807, 2.05) is 44.4 Å². The summed E-state index contributed by atoms with van der Waals surface area (Å²) in [7, 11) is 0. The van der Waals surface area contributed by atoms with E-state index in [4.69, 9.17) is 0 Å². The first-order valence-electron chi connectivity index (χ1n) is 18.8. The number of aryl methyl sites for hydroxylation is 1. The van der Waals surface area contributed by atoms with E-state index in [1.54, 1.807) is 0 Å². The maximum Gasteiger partial charge on any atom is 0.166 e. The molecule has 0 saturated carbocycles. The van der Waals surface area contributed by atoms with Crippen molar-refractivity contribution in [2.75, 3.05) is 50.7 Å². The smallest absolute Gasteiger partial charge is 0.166 e. The summed E-state index contributed by atoms with van der Waals surface area (Å²) < 4.78 is 0. The standard InChI is InChI=1S/C45H58N4O2/c1-30(2)24-37(38-12-14-41(33(7)25-38)44-27-46-18-16-40(44)31(3)4)11-10-34(8)49-28-36(29-49)17-19-47-20-22-48(23-21-47)39-13-15-42(35(9)50)43(26-39)45(51)32(5)6/h10-16,18,24-27,31-32,36H,17,19-23,28-29H2,1-9H3/b34-10+,37-11+. The number of pyridine rings is 1. The lowest BCUT2D eigenvalue weighted by molar-refractivity contribution is 0.0927. The van der Waals surface area contributed by atoms with Crippen LogP contribution in [0.25, 0.3) is 16.7 Å². The molecule has 1 aromatic heterocycles. The molecule has 0 bridgehead atoms. The molecule has 270 valence electrons. The van der Waals surface area contributed by atoms with E-state index in [0.717, 1.165) is 57.4 Å². The average Bonchev–Trinajstić information content (AvgIpc) is 3.08. The van der Waals surface area contributed by atoms with Crippen LogP contribution in [0, 0.1) is 18.8 Å². The molecule has 0 N–H and O–H groups in total. The second-order valence-electron chi connectivity index (χ2n) is 15.5. The maximum atomic E-state index is 12.9. The van der Waals surface area contributed by atoms with Crippen LogP contribution in [-0.4, -0.2) is 72.2 Å². The van der Waals surface area contributed by atoms with Crippen LogP contribution in [0.3, 0.4) is 0 Å². The summed E-state index contributed by atoms with van der Waals surface area (Å²) in [5, 5.41) is 0. The molecule has 2 aliphatic rings. The third-order valence-corrected chi connectivity index (χ3v) is 10.5. The maximum absolute atomic E-state index is 12.9. The molecular weight excluding hydrogens is 629 g/mol. The zero-order valence-corrected chi connectivity index (χ0v) is 32.4. The molecule has 6 nitrogen and oxygen atoms in total. The Morgan fingerprint density at radius 1 is 0.863 bits per heavy atom. The van der Waals surface area contributed by atoms with Crippen LogP contribution < -0.4 is 4.90 Å². The number of benzene rings is 2. The Morgan fingerprint density at radius 2 is 1.59 bits per heavy atom. The van der Waals surface area contributed by atoms with Crippen molar-refractivity contribution in [2.24, 2.45) is 11.8 Å². The first-order valence-corrected chi connectivity index (χ1v) is 18.8. The van der Waals surface area contributed by atoms with Crippen LogP contribution in [0.2, 0.25) is 0 Å². The molecule has 0 atom stereocenters. The van der Waals surface area contributed by atoms with E-state index >= 15 is 0 Å². The van der Waals surface area contributed by atoms with E-state index in [2.05, 4.69) is 104 Å². The Morgan fingerprint density at radius 3 is 2.22 bits per heavy atom. The third-order valence-electron chi connectivity index (χ3n) is 10.5. The van der Waals surface area contributed by atoms with Crippen LogP contribution >= 0.6 is 0 Å². The zero-order valence-electron chi connectivity index (χ0n) is 32.4. The number of hydrogen-bond donors (Lipinski definition) is 0. The quantitative estimate of drug-likeness (QED) is 0.132. The highest BCUT2D eigenvalue weighted by molar-refractivity contribution is 6.09. The molecule has 5 rings (SSSR count). The number of aromatic nitrogens is 1.